The average Bonchev–Trinajstić information content (AvgIpc) is 3.56. The van der Waals surface area contributed by atoms with Gasteiger partial charge >= 0.3 is 12.1 Å². The first-order chi connectivity index (χ1) is 19.8. The molecule has 3 amide bonds. The molecule has 3 N–H and O–H groups in total. The first kappa shape index (κ1) is 27.8. The van der Waals surface area contributed by atoms with E-state index >= 15 is 0 Å². The van der Waals surface area contributed by atoms with Crippen LogP contribution in [0.25, 0.3) is 5.65 Å². The van der Waals surface area contributed by atoms with Crippen molar-refractivity contribution in [3.63, 3.8) is 0 Å². The van der Waals surface area contributed by atoms with E-state index in [1.54, 1.807) is 31.5 Å². The van der Waals surface area contributed by atoms with Gasteiger partial charge in [-0.3, -0.25) is 0 Å². The minimum atomic E-state index is -0.678. The maximum atomic E-state index is 12.9. The summed E-state index contributed by atoms with van der Waals surface area (Å²) in [6.45, 7) is 5.86. The summed E-state index contributed by atoms with van der Waals surface area (Å²) in [6.07, 6.45) is 13.4. The second-order valence-corrected chi connectivity index (χ2v) is 10.9. The van der Waals surface area contributed by atoms with Crippen molar-refractivity contribution in [3.8, 4) is 0 Å². The predicted molar refractivity (Wildman–Crippen MR) is 160 cm³/mol. The Morgan fingerprint density at radius 2 is 1.59 bits per heavy atom. The number of nitrogens with one attached hydrogen (secondary N) is 3. The highest BCUT2D eigenvalue weighted by molar-refractivity contribution is 5.93. The summed E-state index contributed by atoms with van der Waals surface area (Å²) in [7, 11) is 0. The summed E-state index contributed by atoms with van der Waals surface area (Å²) in [5.74, 6) is 0. The summed E-state index contributed by atoms with van der Waals surface area (Å²) in [6, 6.07) is 20.5. The highest BCUT2D eigenvalue weighted by Crippen LogP contribution is 2.45. The number of hydrogen-bond acceptors (Lipinski definition) is 4. The number of aromatic nitrogens is 3. The number of rotatable bonds is 8. The smallest absolute Gasteiger partial charge is 0.407 e. The number of carbonyl (C=O) groups is 2. The summed E-state index contributed by atoms with van der Waals surface area (Å²) in [5.41, 5.74) is 3.50. The zero-order valence-corrected chi connectivity index (χ0v) is 23.6. The molecule has 212 valence electrons. The van der Waals surface area contributed by atoms with E-state index in [1.807, 2.05) is 24.5 Å². The van der Waals surface area contributed by atoms with Crippen molar-refractivity contribution in [1.29, 1.82) is 0 Å². The van der Waals surface area contributed by atoms with Crippen molar-refractivity contribution >= 4 is 23.5 Å². The fourth-order valence-electron chi connectivity index (χ4n) is 5.32. The number of allylic oxidation sites excluding steroid dienone is 4. The lowest BCUT2D eigenvalue weighted by molar-refractivity contribution is 0.0528. The van der Waals surface area contributed by atoms with Crippen molar-refractivity contribution < 1.29 is 14.3 Å². The number of amides is 3. The number of nitrogens with zero attached hydrogens (tertiary/aromatic N) is 3. The van der Waals surface area contributed by atoms with Gasteiger partial charge in [-0.05, 0) is 50.3 Å². The zero-order valence-electron chi connectivity index (χ0n) is 23.6. The lowest BCUT2D eigenvalue weighted by Crippen LogP contribution is -2.39. The summed E-state index contributed by atoms with van der Waals surface area (Å²) in [5, 5.41) is 12.9. The Hall–Kier alpha value is -4.79. The molecular formula is C32H36N6O3. The fourth-order valence-corrected chi connectivity index (χ4v) is 5.32. The van der Waals surface area contributed by atoms with Crippen molar-refractivity contribution in [2.45, 2.75) is 44.8 Å². The number of urea groups is 1. The Kier molecular flexibility index (Phi) is 7.96. The molecular weight excluding hydrogens is 516 g/mol. The third-order valence-electron chi connectivity index (χ3n) is 6.90. The number of alkyl carbamates (subject to hydrolysis) is 1. The molecule has 0 saturated carbocycles. The highest BCUT2D eigenvalue weighted by atomic mass is 16.6. The highest BCUT2D eigenvalue weighted by Gasteiger charge is 2.41. The quantitative estimate of drug-likeness (QED) is 0.239. The normalized spacial score (nSPS) is 13.5. The molecule has 0 fully saturated rings. The van der Waals surface area contributed by atoms with E-state index in [-0.39, 0.29) is 13.1 Å². The molecule has 0 spiro atoms. The van der Waals surface area contributed by atoms with Crippen molar-refractivity contribution in [2.24, 2.45) is 0 Å². The lowest BCUT2D eigenvalue weighted by Gasteiger charge is -2.40. The molecule has 9 nitrogen and oxygen atoms in total. The van der Waals surface area contributed by atoms with Crippen LogP contribution in [0.5, 0.6) is 0 Å². The number of ether oxygens (including phenoxy) is 1. The van der Waals surface area contributed by atoms with Crippen LogP contribution >= 0.6 is 0 Å². The van der Waals surface area contributed by atoms with Crippen LogP contribution in [0, 0.1) is 0 Å². The molecule has 2 aromatic carbocycles. The second-order valence-electron chi connectivity index (χ2n) is 10.9. The molecule has 0 atom stereocenters. The Morgan fingerprint density at radius 1 is 0.927 bits per heavy atom. The van der Waals surface area contributed by atoms with Gasteiger partial charge < -0.3 is 25.3 Å². The van der Waals surface area contributed by atoms with Crippen molar-refractivity contribution in [3.05, 3.63) is 114 Å². The van der Waals surface area contributed by atoms with Gasteiger partial charge in [0.2, 0.25) is 0 Å². The molecule has 4 aromatic rings. The zero-order chi connectivity index (χ0) is 28.9. The summed E-state index contributed by atoms with van der Waals surface area (Å²) < 4.78 is 9.22. The largest absolute Gasteiger partial charge is 0.444 e. The third kappa shape index (κ3) is 5.89. The number of hydrogen-bond donors (Lipinski definition) is 3. The van der Waals surface area contributed by atoms with Crippen LogP contribution in [0.15, 0.2) is 103 Å². The van der Waals surface area contributed by atoms with Crippen LogP contribution < -0.4 is 16.0 Å². The van der Waals surface area contributed by atoms with E-state index in [1.165, 1.54) is 5.57 Å². The van der Waals surface area contributed by atoms with Gasteiger partial charge in [-0.1, -0.05) is 78.9 Å². The average molecular weight is 553 g/mol. The molecule has 9 heteroatoms. The number of carbonyl (C=O) groups excluding carboxylic acids is 2. The monoisotopic (exact) mass is 552 g/mol. The van der Waals surface area contributed by atoms with Gasteiger partial charge in [0.05, 0.1) is 6.20 Å². The molecule has 5 rings (SSSR count). The Labute approximate surface area is 239 Å². The van der Waals surface area contributed by atoms with E-state index in [2.05, 4.69) is 92.4 Å². The number of imidazole rings is 1. The van der Waals surface area contributed by atoms with Gasteiger partial charge in [0.15, 0.2) is 5.65 Å². The molecule has 2 aromatic heterocycles. The Balaban J connectivity index is 1.48. The van der Waals surface area contributed by atoms with Crippen molar-refractivity contribution in [2.75, 3.05) is 18.4 Å². The van der Waals surface area contributed by atoms with Crippen LogP contribution in [0.2, 0.25) is 0 Å². The SMILES string of the molecule is CC(C)(C)OC(=O)NCCNC(=O)Nc1cnn2ccn(C(C3=CC=CCC3)(c3ccccc3)c3ccccc3)c12. The van der Waals surface area contributed by atoms with Gasteiger partial charge in [-0.25, -0.2) is 14.1 Å². The Bertz CT molecular complexity index is 1520. The minimum absolute atomic E-state index is 0.230. The van der Waals surface area contributed by atoms with Crippen LogP contribution in [0.3, 0.4) is 0 Å². The van der Waals surface area contributed by atoms with Gasteiger partial charge in [0, 0.05) is 25.5 Å². The van der Waals surface area contributed by atoms with Gasteiger partial charge in [0.1, 0.15) is 16.8 Å². The molecule has 0 bridgehead atoms. The van der Waals surface area contributed by atoms with Crippen LogP contribution in [0.4, 0.5) is 15.3 Å². The molecule has 1 aliphatic rings. The number of fused-ring (bicyclic) bond motifs is 1. The van der Waals surface area contributed by atoms with Gasteiger partial charge in [-0.15, -0.1) is 0 Å². The number of anilines is 1. The molecule has 0 radical (unpaired) electrons. The van der Waals surface area contributed by atoms with Gasteiger partial charge in [-0.2, -0.15) is 5.10 Å². The summed E-state index contributed by atoms with van der Waals surface area (Å²) in [4.78, 5) is 24.8. The summed E-state index contributed by atoms with van der Waals surface area (Å²) >= 11 is 0. The molecule has 0 aliphatic heterocycles. The third-order valence-corrected chi connectivity index (χ3v) is 6.90. The molecule has 0 unspecified atom stereocenters. The van der Waals surface area contributed by atoms with E-state index < -0.39 is 23.3 Å². The molecule has 1 aliphatic carbocycles. The molecule has 41 heavy (non-hydrogen) atoms. The maximum absolute atomic E-state index is 12.9. The van der Waals surface area contributed by atoms with E-state index in [9.17, 15) is 9.59 Å². The standard InChI is InChI=1S/C32H36N6O3/c1-31(2,3)41-30(40)34-20-19-33-29(39)36-27-23-35-38-22-21-37(28(27)38)32(24-13-7-4-8-14-24,25-15-9-5-10-16-25)26-17-11-6-12-18-26/h4-11,13-17,21-23H,12,18-20H2,1-3H3,(H,34,40)(H2,33,36,39). The van der Waals surface area contributed by atoms with Gasteiger partial charge in [0.25, 0.3) is 0 Å². The lowest BCUT2D eigenvalue weighted by atomic mass is 9.73. The number of benzene rings is 2. The van der Waals surface area contributed by atoms with E-state index in [0.29, 0.717) is 5.69 Å². The van der Waals surface area contributed by atoms with Crippen molar-refractivity contribution in [1.82, 2.24) is 24.8 Å². The minimum Gasteiger partial charge on any atom is -0.444 e. The van der Waals surface area contributed by atoms with Crippen LogP contribution in [0.1, 0.15) is 44.7 Å². The molecule has 2 heterocycles. The first-order valence-corrected chi connectivity index (χ1v) is 13.8. The van der Waals surface area contributed by atoms with E-state index in [4.69, 9.17) is 4.74 Å². The maximum Gasteiger partial charge on any atom is 0.407 e. The predicted octanol–water partition coefficient (Wildman–Crippen LogP) is 5.85. The second kappa shape index (κ2) is 11.8. The topological polar surface area (TPSA) is 102 Å². The van der Waals surface area contributed by atoms with E-state index in [0.717, 1.165) is 29.6 Å². The first-order valence-electron chi connectivity index (χ1n) is 13.8. The molecule has 0 saturated heterocycles. The van der Waals surface area contributed by atoms with Crippen LogP contribution in [-0.2, 0) is 10.3 Å². The Morgan fingerprint density at radius 3 is 2.20 bits per heavy atom. The fraction of sp³-hybridized carbons (Fsp3) is 0.281. The van der Waals surface area contributed by atoms with Crippen LogP contribution in [-0.4, -0.2) is 45.0 Å².